The molecule has 0 bridgehead atoms. The maximum atomic E-state index is 14.4. The van der Waals surface area contributed by atoms with Crippen LogP contribution in [0.4, 0.5) is 4.39 Å². The number of aliphatic hydroxyl groups is 1. The van der Waals surface area contributed by atoms with Crippen molar-refractivity contribution in [3.8, 4) is 0 Å². The van der Waals surface area contributed by atoms with E-state index in [4.69, 9.17) is 16.3 Å². The molecule has 1 heterocycles. The molecule has 2 unspecified atom stereocenters. The molecule has 2 rings (SSSR count). The van der Waals surface area contributed by atoms with Crippen LogP contribution in [-0.2, 0) is 4.74 Å². The minimum atomic E-state index is -0.953. The van der Waals surface area contributed by atoms with Crippen LogP contribution < -0.4 is 0 Å². The Morgan fingerprint density at radius 3 is 2.67 bits per heavy atom. The number of rotatable bonds is 4. The van der Waals surface area contributed by atoms with Crippen molar-refractivity contribution in [3.63, 3.8) is 0 Å². The van der Waals surface area contributed by atoms with E-state index in [0.717, 1.165) is 13.1 Å². The second-order valence-corrected chi connectivity index (χ2v) is 6.71. The van der Waals surface area contributed by atoms with E-state index in [2.05, 4.69) is 20.8 Å². The van der Waals surface area contributed by atoms with Crippen molar-refractivity contribution in [2.45, 2.75) is 31.9 Å². The minimum absolute atomic E-state index is 0.00646. The van der Waals surface area contributed by atoms with Crippen molar-refractivity contribution < 1.29 is 14.2 Å². The van der Waals surface area contributed by atoms with Gasteiger partial charge in [0.1, 0.15) is 5.82 Å². The zero-order chi connectivity index (χ0) is 15.6. The Bertz CT molecular complexity index is 511. The lowest BCUT2D eigenvalue weighted by atomic mass is 9.84. The highest BCUT2D eigenvalue weighted by molar-refractivity contribution is 9.10. The Morgan fingerprint density at radius 2 is 2.10 bits per heavy atom. The molecule has 1 aliphatic heterocycles. The molecule has 0 spiro atoms. The third-order valence-electron chi connectivity index (χ3n) is 4.40. The van der Waals surface area contributed by atoms with Crippen LogP contribution in [0.5, 0.6) is 0 Å². The molecule has 1 aliphatic rings. The molecule has 1 saturated heterocycles. The van der Waals surface area contributed by atoms with E-state index in [1.807, 2.05) is 13.8 Å². The SMILES string of the molecule is CCC(C)(C(O)c1ccc(Br)c(Cl)c1F)N1CCOCC1. The summed E-state index contributed by atoms with van der Waals surface area (Å²) in [7, 11) is 0. The number of nitrogens with zero attached hydrogens (tertiary/aromatic N) is 1. The van der Waals surface area contributed by atoms with Crippen LogP contribution >= 0.6 is 27.5 Å². The molecule has 118 valence electrons. The summed E-state index contributed by atoms with van der Waals surface area (Å²) in [5.41, 5.74) is -0.319. The summed E-state index contributed by atoms with van der Waals surface area (Å²) < 4.78 is 20.2. The van der Waals surface area contributed by atoms with Crippen molar-refractivity contribution in [2.75, 3.05) is 26.3 Å². The second-order valence-electron chi connectivity index (χ2n) is 5.48. The van der Waals surface area contributed by atoms with Gasteiger partial charge < -0.3 is 9.84 Å². The van der Waals surface area contributed by atoms with Gasteiger partial charge in [0.2, 0.25) is 0 Å². The molecule has 0 amide bonds. The molecule has 0 aliphatic carbocycles. The van der Waals surface area contributed by atoms with Crippen LogP contribution in [0.1, 0.15) is 31.9 Å². The molecule has 0 radical (unpaired) electrons. The molecule has 1 aromatic rings. The van der Waals surface area contributed by atoms with E-state index in [0.29, 0.717) is 24.1 Å². The number of hydrogen-bond donors (Lipinski definition) is 1. The largest absolute Gasteiger partial charge is 0.386 e. The molecule has 6 heteroatoms. The number of benzene rings is 1. The van der Waals surface area contributed by atoms with E-state index in [9.17, 15) is 9.50 Å². The van der Waals surface area contributed by atoms with Gasteiger partial charge in [0.05, 0.1) is 24.3 Å². The third kappa shape index (κ3) is 3.27. The van der Waals surface area contributed by atoms with Crippen molar-refractivity contribution >= 4 is 27.5 Å². The summed E-state index contributed by atoms with van der Waals surface area (Å²) in [4.78, 5) is 2.16. The average Bonchev–Trinajstić information content (AvgIpc) is 2.52. The van der Waals surface area contributed by atoms with Gasteiger partial charge in [0, 0.05) is 28.7 Å². The number of morpholine rings is 1. The average molecular weight is 381 g/mol. The van der Waals surface area contributed by atoms with E-state index < -0.39 is 17.5 Å². The van der Waals surface area contributed by atoms with Gasteiger partial charge in [-0.1, -0.05) is 24.6 Å². The molecule has 21 heavy (non-hydrogen) atoms. The lowest BCUT2D eigenvalue weighted by molar-refractivity contribution is -0.0743. The molecule has 1 fully saturated rings. The smallest absolute Gasteiger partial charge is 0.148 e. The quantitative estimate of drug-likeness (QED) is 0.807. The Morgan fingerprint density at radius 1 is 1.48 bits per heavy atom. The molecule has 3 nitrogen and oxygen atoms in total. The van der Waals surface area contributed by atoms with Crippen LogP contribution in [0.3, 0.4) is 0 Å². The van der Waals surface area contributed by atoms with Gasteiger partial charge in [0.15, 0.2) is 0 Å². The molecule has 2 atom stereocenters. The Balaban J connectivity index is 2.35. The number of halogens is 3. The summed E-state index contributed by atoms with van der Waals surface area (Å²) in [5, 5.41) is 10.8. The van der Waals surface area contributed by atoms with E-state index in [-0.39, 0.29) is 10.6 Å². The fraction of sp³-hybridized carbons (Fsp3) is 0.600. The van der Waals surface area contributed by atoms with Crippen LogP contribution in [0.15, 0.2) is 16.6 Å². The van der Waals surface area contributed by atoms with E-state index in [1.54, 1.807) is 12.1 Å². The normalized spacial score (nSPS) is 21.0. The third-order valence-corrected chi connectivity index (χ3v) is 5.66. The number of hydrogen-bond acceptors (Lipinski definition) is 3. The highest BCUT2D eigenvalue weighted by Gasteiger charge is 2.40. The van der Waals surface area contributed by atoms with E-state index in [1.165, 1.54) is 0 Å². The highest BCUT2D eigenvalue weighted by atomic mass is 79.9. The minimum Gasteiger partial charge on any atom is -0.386 e. The number of ether oxygens (including phenoxy) is 1. The Hall–Kier alpha value is -0.200. The zero-order valence-electron chi connectivity index (χ0n) is 12.2. The van der Waals surface area contributed by atoms with Crippen molar-refractivity contribution in [1.82, 2.24) is 4.90 Å². The van der Waals surface area contributed by atoms with Crippen LogP contribution in [0, 0.1) is 5.82 Å². The Kier molecular flexibility index (Phi) is 5.65. The molecule has 1 aromatic carbocycles. The predicted octanol–water partition coefficient (Wildman–Crippen LogP) is 3.78. The monoisotopic (exact) mass is 379 g/mol. The van der Waals surface area contributed by atoms with Crippen LogP contribution in [0.2, 0.25) is 5.02 Å². The Labute approximate surface area is 138 Å². The first-order chi connectivity index (χ1) is 9.91. The van der Waals surface area contributed by atoms with Crippen LogP contribution in [-0.4, -0.2) is 41.8 Å². The van der Waals surface area contributed by atoms with Gasteiger partial charge in [-0.15, -0.1) is 0 Å². The highest BCUT2D eigenvalue weighted by Crippen LogP contribution is 2.38. The maximum absolute atomic E-state index is 14.4. The topological polar surface area (TPSA) is 32.7 Å². The first-order valence-electron chi connectivity index (χ1n) is 7.06. The second kappa shape index (κ2) is 6.92. The maximum Gasteiger partial charge on any atom is 0.148 e. The van der Waals surface area contributed by atoms with Crippen molar-refractivity contribution in [2.24, 2.45) is 0 Å². The summed E-state index contributed by atoms with van der Waals surface area (Å²) in [6.07, 6.45) is -0.257. The number of aliphatic hydroxyl groups excluding tert-OH is 1. The van der Waals surface area contributed by atoms with Crippen molar-refractivity contribution in [3.05, 3.63) is 33.0 Å². The van der Waals surface area contributed by atoms with Gasteiger partial charge in [0.25, 0.3) is 0 Å². The standard InChI is InChI=1S/C15H20BrClFNO2/c1-3-15(2,19-6-8-21-9-7-19)14(20)10-4-5-11(16)12(17)13(10)18/h4-5,14,20H,3,6-9H2,1-2H3. The molecular weight excluding hydrogens is 361 g/mol. The molecule has 1 N–H and O–H groups in total. The van der Waals surface area contributed by atoms with E-state index >= 15 is 0 Å². The molecule has 0 aromatic heterocycles. The summed E-state index contributed by atoms with van der Waals surface area (Å²) >= 11 is 9.13. The van der Waals surface area contributed by atoms with Gasteiger partial charge in [-0.25, -0.2) is 4.39 Å². The zero-order valence-corrected chi connectivity index (χ0v) is 14.5. The summed E-state index contributed by atoms with van der Waals surface area (Å²) in [5.74, 6) is -0.563. The fourth-order valence-corrected chi connectivity index (χ4v) is 3.23. The molecule has 0 saturated carbocycles. The summed E-state index contributed by atoms with van der Waals surface area (Å²) in [6, 6.07) is 3.25. The van der Waals surface area contributed by atoms with Gasteiger partial charge in [-0.05, 0) is 35.3 Å². The first kappa shape index (κ1) is 17.2. The van der Waals surface area contributed by atoms with Crippen LogP contribution in [0.25, 0.3) is 0 Å². The lowest BCUT2D eigenvalue weighted by Gasteiger charge is -2.46. The first-order valence-corrected chi connectivity index (χ1v) is 8.23. The lowest BCUT2D eigenvalue weighted by Crippen LogP contribution is -2.54. The van der Waals surface area contributed by atoms with Crippen molar-refractivity contribution in [1.29, 1.82) is 0 Å². The van der Waals surface area contributed by atoms with Gasteiger partial charge in [-0.3, -0.25) is 4.90 Å². The van der Waals surface area contributed by atoms with Gasteiger partial charge in [-0.2, -0.15) is 0 Å². The predicted molar refractivity (Wildman–Crippen MR) is 85.2 cm³/mol. The van der Waals surface area contributed by atoms with Gasteiger partial charge >= 0.3 is 0 Å². The molecular formula is C15H20BrClFNO2. The fourth-order valence-electron chi connectivity index (χ4n) is 2.75. The summed E-state index contributed by atoms with van der Waals surface area (Å²) in [6.45, 7) is 6.67.